The molecule has 0 unspecified atom stereocenters. The summed E-state index contributed by atoms with van der Waals surface area (Å²) < 4.78 is 46.9. The third-order valence-electron chi connectivity index (χ3n) is 16.9. The van der Waals surface area contributed by atoms with Gasteiger partial charge in [0.15, 0.2) is 41.9 Å². The van der Waals surface area contributed by atoms with Crippen molar-refractivity contribution in [1.82, 2.24) is 41.5 Å². The first kappa shape index (κ1) is 72.0. The number of hydrogen-bond acceptors (Lipinski definition) is 24. The minimum absolute atomic E-state index is 0.0300. The predicted octanol–water partition coefficient (Wildman–Crippen LogP) is 2.25. The highest BCUT2D eigenvalue weighted by molar-refractivity contribution is 9.09. The number of ether oxygens (including phenoxy) is 8. The average molecular weight is 1450 g/mol. The normalized spacial score (nSPS) is 21.9. The molecule has 5 amide bonds. The number of hydrogen-bond donors (Lipinski definition) is 8. The number of amides is 5. The molecule has 3 aromatic carbocycles. The zero-order chi connectivity index (χ0) is 68.1. The van der Waals surface area contributed by atoms with Gasteiger partial charge < -0.3 is 79.8 Å². The number of Topliss-reactive ketones (excluding diaryl/α,β-unsaturated/α-hetero) is 3. The number of phenols is 2. The predicted molar refractivity (Wildman–Crippen MR) is 340 cm³/mol. The summed E-state index contributed by atoms with van der Waals surface area (Å²) in [7, 11) is 2.83. The summed E-state index contributed by atoms with van der Waals surface area (Å²) in [5, 5.41) is 50.3. The fourth-order valence-electron chi connectivity index (χ4n) is 12.1. The molecule has 4 heterocycles. The van der Waals surface area contributed by atoms with Crippen molar-refractivity contribution in [2.24, 2.45) is 0 Å². The first-order valence-corrected chi connectivity index (χ1v) is 33.4. The van der Waals surface area contributed by atoms with E-state index in [1.165, 1.54) is 32.4 Å². The van der Waals surface area contributed by atoms with Gasteiger partial charge in [0.05, 0.1) is 111 Å². The van der Waals surface area contributed by atoms with Crippen molar-refractivity contribution < 1.29 is 101 Å². The number of nitrogens with one attached hydrogen (secondary N) is 5. The van der Waals surface area contributed by atoms with E-state index in [1.807, 2.05) is 0 Å². The summed E-state index contributed by atoms with van der Waals surface area (Å²) in [4.78, 5) is 141. The monoisotopic (exact) mass is 1450 g/mol. The standard InChI is InChI=1S/C64H76Br2N8O21/c1-33-59-44(74-18-21-92-62(89-3)61(74)95-59)25-50(93-33)94-46-27-64(87,26-39-52(46)58(84)54-53(56(39)82)55(81)38-7-4-8-45(88-2)51(38)57(54)83)63(86)68-16-5-6-35(75)30-69-47(78)13-10-36(76)31-70-48(79)14-11-37(77)32-71-49(80)15-19-90-22-23-91-20-17-67-60(85)34-9-12-40-41(24-34)73-43(29-66)42(28-65)72-40/h4,7-9,12,24,33,44,46,50,59,61-62,82,84,87H,5-6,10-11,13-23,25-32H2,1-3H3,(H,67,85)(H,68,86)(H,69,78)(H,70,79)(H,71,80)/t33-,44-,46-,50-,59+,61+,62-,64-/m0/s1. The van der Waals surface area contributed by atoms with Gasteiger partial charge in [0.25, 0.3) is 11.8 Å². The molecule has 95 heavy (non-hydrogen) atoms. The molecule has 2 aliphatic carbocycles. The molecule has 0 bridgehead atoms. The molecular weight excluding hydrogens is 1380 g/mol. The van der Waals surface area contributed by atoms with Crippen LogP contribution in [0.25, 0.3) is 11.0 Å². The van der Waals surface area contributed by atoms with E-state index in [1.54, 1.807) is 25.1 Å². The van der Waals surface area contributed by atoms with Gasteiger partial charge in [-0.2, -0.15) is 0 Å². The Morgan fingerprint density at radius 2 is 1.36 bits per heavy atom. The molecule has 29 nitrogen and oxygen atoms in total. The van der Waals surface area contributed by atoms with Gasteiger partial charge in [-0.3, -0.25) is 52.8 Å². The largest absolute Gasteiger partial charge is 0.507 e. The summed E-state index contributed by atoms with van der Waals surface area (Å²) in [6.07, 6.45) is -6.73. The third kappa shape index (κ3) is 17.3. The molecular formula is C64H76Br2N8O21. The maximum Gasteiger partial charge on any atom is 0.252 e. The van der Waals surface area contributed by atoms with Crippen molar-refractivity contribution in [2.45, 2.75) is 131 Å². The SMILES string of the molecule is COc1cccc2c1C(=O)c1c(O)c3c(c(O)c1C2=O)C[C@@](O)(C(=O)NCCCC(=O)CNC(=O)CCC(=O)CNC(=O)CCC(=O)CNC(=O)CCOCCOCCNC(=O)c1ccc2nc(CBr)c(CBr)nc2c1)C[C@@H]3O[C@H]1C[C@H]2[C@H](O[C@@H]3[C@@H](OC)OCCN32)[C@H](C)O1. The lowest BCUT2D eigenvalue weighted by Crippen LogP contribution is -2.55. The highest BCUT2D eigenvalue weighted by atomic mass is 79.9. The fourth-order valence-corrected chi connectivity index (χ4v) is 13.0. The minimum atomic E-state index is -2.37. The molecule has 3 fully saturated rings. The van der Waals surface area contributed by atoms with Crippen molar-refractivity contribution in [3.8, 4) is 17.2 Å². The maximum absolute atomic E-state index is 14.3. The molecule has 31 heteroatoms. The number of halogens is 2. The van der Waals surface area contributed by atoms with Crippen LogP contribution in [0.1, 0.15) is 136 Å². The van der Waals surface area contributed by atoms with Crippen LogP contribution in [0.3, 0.4) is 0 Å². The van der Waals surface area contributed by atoms with Crippen molar-refractivity contribution in [1.29, 1.82) is 0 Å². The molecule has 0 spiro atoms. The number of morpholine rings is 1. The number of methoxy groups -OCH3 is 2. The lowest BCUT2D eigenvalue weighted by Gasteiger charge is -2.43. The number of phenolic OH excluding ortho intramolecular Hbond substituents is 2. The number of aliphatic hydroxyl groups is 1. The van der Waals surface area contributed by atoms with Crippen LogP contribution in [0.2, 0.25) is 0 Å². The van der Waals surface area contributed by atoms with Gasteiger partial charge in [-0.15, -0.1) is 0 Å². The number of aromatic nitrogens is 2. The fraction of sp³-hybridized carbons (Fsp3) is 0.531. The first-order valence-electron chi connectivity index (χ1n) is 31.1. The molecule has 512 valence electrons. The Kier molecular flexibility index (Phi) is 25.1. The molecule has 8 N–H and O–H groups in total. The highest BCUT2D eigenvalue weighted by Gasteiger charge is 2.55. The van der Waals surface area contributed by atoms with Crippen molar-refractivity contribution in [3.05, 3.63) is 86.7 Å². The van der Waals surface area contributed by atoms with E-state index in [2.05, 4.69) is 73.3 Å². The number of rotatable bonds is 33. The van der Waals surface area contributed by atoms with E-state index in [0.717, 1.165) is 11.4 Å². The molecule has 9 rings (SSSR count). The number of fused-ring (bicyclic) bond motifs is 7. The van der Waals surface area contributed by atoms with E-state index < -0.39 is 144 Å². The van der Waals surface area contributed by atoms with E-state index in [4.69, 9.17) is 37.9 Å². The quantitative estimate of drug-likeness (QED) is 0.0170. The van der Waals surface area contributed by atoms with Crippen LogP contribution in [0.5, 0.6) is 17.2 Å². The Morgan fingerprint density at radius 1 is 0.716 bits per heavy atom. The second-order valence-corrected chi connectivity index (χ2v) is 24.4. The Labute approximate surface area is 562 Å². The molecule has 4 aromatic rings. The molecule has 0 saturated carbocycles. The van der Waals surface area contributed by atoms with Gasteiger partial charge in [0, 0.05) is 123 Å². The van der Waals surface area contributed by atoms with Gasteiger partial charge in [0.1, 0.15) is 29.0 Å². The number of carbonyl (C=O) groups excluding carboxylic acids is 10. The summed E-state index contributed by atoms with van der Waals surface area (Å²) in [6, 6.07) is 9.19. The van der Waals surface area contributed by atoms with Crippen molar-refractivity contribution >= 4 is 101 Å². The number of benzene rings is 3. The zero-order valence-electron chi connectivity index (χ0n) is 52.6. The second kappa shape index (κ2) is 33.1. The number of ketones is 5. The summed E-state index contributed by atoms with van der Waals surface area (Å²) in [6.45, 7) is 2.34. The first-order chi connectivity index (χ1) is 45.7. The molecule has 8 atom stereocenters. The average Bonchev–Trinajstić information content (AvgIpc) is 1.07. The Balaban J connectivity index is 0.645. The Bertz CT molecular complexity index is 3600. The van der Waals surface area contributed by atoms with Gasteiger partial charge in [-0.1, -0.05) is 44.0 Å². The van der Waals surface area contributed by atoms with Gasteiger partial charge >= 0.3 is 0 Å². The topological polar surface area (TPSA) is 394 Å². The molecule has 3 saturated heterocycles. The van der Waals surface area contributed by atoms with Crippen LogP contribution >= 0.6 is 31.9 Å². The van der Waals surface area contributed by atoms with Crippen LogP contribution in [-0.2, 0) is 83.8 Å². The van der Waals surface area contributed by atoms with Crippen LogP contribution in [-0.4, -0.2) is 218 Å². The summed E-state index contributed by atoms with van der Waals surface area (Å²) in [5.74, 6) is -7.20. The molecule has 3 aliphatic heterocycles. The van der Waals surface area contributed by atoms with Crippen molar-refractivity contribution in [3.63, 3.8) is 0 Å². The van der Waals surface area contributed by atoms with Crippen LogP contribution in [0, 0.1) is 0 Å². The highest BCUT2D eigenvalue weighted by Crippen LogP contribution is 2.53. The van der Waals surface area contributed by atoms with Gasteiger partial charge in [-0.05, 0) is 37.6 Å². The Morgan fingerprint density at radius 3 is 2.02 bits per heavy atom. The number of aromatic hydroxyl groups is 2. The number of alkyl halides is 2. The third-order valence-corrected chi connectivity index (χ3v) is 18.0. The van der Waals surface area contributed by atoms with E-state index in [-0.39, 0.29) is 137 Å². The zero-order valence-corrected chi connectivity index (χ0v) is 55.7. The maximum atomic E-state index is 14.3. The molecule has 0 radical (unpaired) electrons. The van der Waals surface area contributed by atoms with E-state index in [0.29, 0.717) is 40.4 Å². The summed E-state index contributed by atoms with van der Waals surface area (Å²) >= 11 is 6.83. The molecule has 5 aliphatic rings. The Hall–Kier alpha value is -7.30. The van der Waals surface area contributed by atoms with Crippen LogP contribution in [0.15, 0.2) is 36.4 Å². The lowest BCUT2D eigenvalue weighted by atomic mass is 9.72. The smallest absolute Gasteiger partial charge is 0.252 e. The van der Waals surface area contributed by atoms with E-state index in [9.17, 15) is 63.3 Å². The summed E-state index contributed by atoms with van der Waals surface area (Å²) in [5.41, 5.74) is -0.631. The second-order valence-electron chi connectivity index (χ2n) is 23.3. The van der Waals surface area contributed by atoms with Crippen LogP contribution < -0.4 is 31.3 Å². The van der Waals surface area contributed by atoms with Gasteiger partial charge in [-0.25, -0.2) is 9.97 Å². The van der Waals surface area contributed by atoms with E-state index >= 15 is 0 Å². The van der Waals surface area contributed by atoms with Crippen LogP contribution in [0.4, 0.5) is 0 Å². The minimum Gasteiger partial charge on any atom is -0.507 e. The van der Waals surface area contributed by atoms with Crippen molar-refractivity contribution in [2.75, 3.05) is 86.5 Å². The number of nitrogens with zero attached hydrogens (tertiary/aromatic N) is 3. The lowest BCUT2D eigenvalue weighted by molar-refractivity contribution is -0.256. The molecule has 1 aromatic heterocycles. The number of carbonyl (C=O) groups is 10. The van der Waals surface area contributed by atoms with Gasteiger partial charge in [0.2, 0.25) is 23.5 Å².